The van der Waals surface area contributed by atoms with Crippen LogP contribution < -0.4 is 4.90 Å². The molecule has 10 aromatic rings. The SMILES string of the molecule is c1ccc(-c2ccccc2N(c2ccc3ccc4cc5oc6ccccc6c5cc4c3c2)c2cc3ccccc3c3ccccc23)cc1. The Kier molecular flexibility index (Phi) is 5.91. The van der Waals surface area contributed by atoms with Gasteiger partial charge in [-0.1, -0.05) is 133 Å². The summed E-state index contributed by atoms with van der Waals surface area (Å²) in [5.41, 5.74) is 7.59. The number of rotatable bonds is 4. The summed E-state index contributed by atoms with van der Waals surface area (Å²) >= 11 is 0. The molecule has 0 saturated heterocycles. The Bertz CT molecular complexity index is 2850. The van der Waals surface area contributed by atoms with Crippen molar-refractivity contribution in [2.24, 2.45) is 0 Å². The topological polar surface area (TPSA) is 16.4 Å². The zero-order valence-electron chi connectivity index (χ0n) is 26.1. The van der Waals surface area contributed by atoms with E-state index in [1.165, 1.54) is 54.2 Å². The molecule has 224 valence electrons. The maximum atomic E-state index is 6.27. The van der Waals surface area contributed by atoms with E-state index < -0.39 is 0 Å². The van der Waals surface area contributed by atoms with Gasteiger partial charge in [0.15, 0.2) is 0 Å². The molecule has 1 aromatic heterocycles. The summed E-state index contributed by atoms with van der Waals surface area (Å²) in [4.78, 5) is 2.46. The van der Waals surface area contributed by atoms with Crippen LogP contribution in [0.2, 0.25) is 0 Å². The first-order valence-electron chi connectivity index (χ1n) is 16.4. The van der Waals surface area contributed by atoms with Gasteiger partial charge in [-0.15, -0.1) is 0 Å². The number of para-hydroxylation sites is 2. The Morgan fingerprint density at radius 2 is 0.979 bits per heavy atom. The molecule has 0 amide bonds. The van der Waals surface area contributed by atoms with E-state index >= 15 is 0 Å². The molecular weight excluding hydrogens is 583 g/mol. The highest BCUT2D eigenvalue weighted by molar-refractivity contribution is 6.18. The molecule has 2 heteroatoms. The zero-order chi connectivity index (χ0) is 31.6. The van der Waals surface area contributed by atoms with Crippen molar-refractivity contribution in [3.8, 4) is 11.1 Å². The van der Waals surface area contributed by atoms with E-state index in [0.717, 1.165) is 39.0 Å². The third-order valence-corrected chi connectivity index (χ3v) is 9.79. The zero-order valence-corrected chi connectivity index (χ0v) is 26.1. The number of nitrogens with zero attached hydrogens (tertiary/aromatic N) is 1. The normalized spacial score (nSPS) is 11.8. The van der Waals surface area contributed by atoms with Crippen molar-refractivity contribution < 1.29 is 4.42 Å². The predicted molar refractivity (Wildman–Crippen MR) is 204 cm³/mol. The van der Waals surface area contributed by atoms with Gasteiger partial charge in [0.1, 0.15) is 11.2 Å². The molecule has 0 spiro atoms. The van der Waals surface area contributed by atoms with Gasteiger partial charge in [0, 0.05) is 27.4 Å². The molecule has 10 rings (SSSR count). The molecule has 0 N–H and O–H groups in total. The van der Waals surface area contributed by atoms with E-state index in [1.807, 2.05) is 12.1 Å². The maximum Gasteiger partial charge on any atom is 0.136 e. The van der Waals surface area contributed by atoms with Crippen LogP contribution in [0.25, 0.3) is 76.2 Å². The minimum Gasteiger partial charge on any atom is -0.456 e. The van der Waals surface area contributed by atoms with Crippen LogP contribution in [0.1, 0.15) is 0 Å². The highest BCUT2D eigenvalue weighted by atomic mass is 16.3. The van der Waals surface area contributed by atoms with Gasteiger partial charge in [0.05, 0.1) is 11.4 Å². The summed E-state index contributed by atoms with van der Waals surface area (Å²) < 4.78 is 6.27. The summed E-state index contributed by atoms with van der Waals surface area (Å²) in [7, 11) is 0. The van der Waals surface area contributed by atoms with E-state index in [0.29, 0.717) is 0 Å². The smallest absolute Gasteiger partial charge is 0.136 e. The highest BCUT2D eigenvalue weighted by Crippen LogP contribution is 2.46. The first-order valence-corrected chi connectivity index (χ1v) is 16.4. The molecule has 0 aliphatic carbocycles. The summed E-state index contributed by atoms with van der Waals surface area (Å²) in [5.74, 6) is 0. The Morgan fingerprint density at radius 1 is 0.333 bits per heavy atom. The number of fused-ring (bicyclic) bond motifs is 9. The molecule has 1 heterocycles. The molecule has 0 unspecified atom stereocenters. The van der Waals surface area contributed by atoms with Crippen LogP contribution in [0, 0.1) is 0 Å². The van der Waals surface area contributed by atoms with Crippen LogP contribution in [0.4, 0.5) is 17.1 Å². The summed E-state index contributed by atoms with van der Waals surface area (Å²) in [6.07, 6.45) is 0. The van der Waals surface area contributed by atoms with Gasteiger partial charge in [-0.2, -0.15) is 0 Å². The minimum atomic E-state index is 0.916. The van der Waals surface area contributed by atoms with E-state index in [2.05, 4.69) is 169 Å². The molecule has 0 saturated carbocycles. The quantitative estimate of drug-likeness (QED) is 0.184. The summed E-state index contributed by atoms with van der Waals surface area (Å²) in [5, 5.41) is 12.0. The summed E-state index contributed by atoms with van der Waals surface area (Å²) in [6.45, 7) is 0. The van der Waals surface area contributed by atoms with Crippen LogP contribution in [-0.2, 0) is 0 Å². The summed E-state index contributed by atoms with van der Waals surface area (Å²) in [6, 6.07) is 63.5. The predicted octanol–water partition coefficient (Wildman–Crippen LogP) is 13.3. The fourth-order valence-electron chi connectivity index (χ4n) is 7.56. The Morgan fingerprint density at radius 3 is 1.88 bits per heavy atom. The second-order valence-electron chi connectivity index (χ2n) is 12.5. The largest absolute Gasteiger partial charge is 0.456 e. The second kappa shape index (κ2) is 10.6. The van der Waals surface area contributed by atoms with Crippen molar-refractivity contribution in [3.63, 3.8) is 0 Å². The Balaban J connectivity index is 1.30. The molecule has 2 nitrogen and oxygen atoms in total. The van der Waals surface area contributed by atoms with Gasteiger partial charge in [-0.05, 0) is 85.7 Å². The van der Waals surface area contributed by atoms with Crippen LogP contribution in [0.15, 0.2) is 180 Å². The second-order valence-corrected chi connectivity index (χ2v) is 12.5. The van der Waals surface area contributed by atoms with Crippen LogP contribution in [-0.4, -0.2) is 0 Å². The lowest BCUT2D eigenvalue weighted by Gasteiger charge is -2.30. The third kappa shape index (κ3) is 4.13. The standard InChI is InChI=1S/C46H29NO/c1-2-12-30(13-3-1)36-16-8-10-20-43(36)47(44-26-32-14-4-5-15-35(32)37-17-6-7-18-38(37)44)34-25-24-31-22-23-33-27-46-42(29-41(33)40(31)28-34)39-19-9-11-21-45(39)48-46/h1-29H. The number of hydrogen-bond donors (Lipinski definition) is 0. The molecule has 0 aliphatic rings. The van der Waals surface area contributed by atoms with Gasteiger partial charge in [0.2, 0.25) is 0 Å². The number of anilines is 3. The molecule has 0 radical (unpaired) electrons. The van der Waals surface area contributed by atoms with E-state index in [9.17, 15) is 0 Å². The van der Waals surface area contributed by atoms with Crippen LogP contribution in [0.3, 0.4) is 0 Å². The molecule has 48 heavy (non-hydrogen) atoms. The first kappa shape index (κ1) is 26.8. The lowest BCUT2D eigenvalue weighted by atomic mass is 9.96. The van der Waals surface area contributed by atoms with E-state index in [-0.39, 0.29) is 0 Å². The molecule has 0 bridgehead atoms. The number of benzene rings is 9. The average Bonchev–Trinajstić information content (AvgIpc) is 3.52. The van der Waals surface area contributed by atoms with Gasteiger partial charge < -0.3 is 9.32 Å². The monoisotopic (exact) mass is 611 g/mol. The van der Waals surface area contributed by atoms with Crippen LogP contribution in [0.5, 0.6) is 0 Å². The maximum absolute atomic E-state index is 6.27. The van der Waals surface area contributed by atoms with E-state index in [1.54, 1.807) is 0 Å². The van der Waals surface area contributed by atoms with Crippen molar-refractivity contribution >= 4 is 82.1 Å². The van der Waals surface area contributed by atoms with Crippen LogP contribution >= 0.6 is 0 Å². The van der Waals surface area contributed by atoms with Crippen molar-refractivity contribution in [1.29, 1.82) is 0 Å². The number of hydrogen-bond acceptors (Lipinski definition) is 2. The highest BCUT2D eigenvalue weighted by Gasteiger charge is 2.21. The molecule has 0 atom stereocenters. The minimum absolute atomic E-state index is 0.916. The Labute approximate surface area is 277 Å². The molecule has 0 fully saturated rings. The fourth-order valence-corrected chi connectivity index (χ4v) is 7.56. The average molecular weight is 612 g/mol. The molecule has 9 aromatic carbocycles. The van der Waals surface area contributed by atoms with E-state index in [4.69, 9.17) is 4.42 Å². The first-order chi connectivity index (χ1) is 23.8. The van der Waals surface area contributed by atoms with Gasteiger partial charge in [-0.25, -0.2) is 0 Å². The fraction of sp³-hybridized carbons (Fsp3) is 0. The Hall–Kier alpha value is -6.38. The van der Waals surface area contributed by atoms with Crippen molar-refractivity contribution in [3.05, 3.63) is 176 Å². The van der Waals surface area contributed by atoms with Gasteiger partial charge in [-0.3, -0.25) is 0 Å². The van der Waals surface area contributed by atoms with Crippen molar-refractivity contribution in [2.75, 3.05) is 4.90 Å². The lowest BCUT2D eigenvalue weighted by molar-refractivity contribution is 0.669. The van der Waals surface area contributed by atoms with Gasteiger partial charge >= 0.3 is 0 Å². The van der Waals surface area contributed by atoms with Gasteiger partial charge in [0.25, 0.3) is 0 Å². The van der Waals surface area contributed by atoms with Crippen molar-refractivity contribution in [2.45, 2.75) is 0 Å². The van der Waals surface area contributed by atoms with Crippen molar-refractivity contribution in [1.82, 2.24) is 0 Å². The molecule has 0 aliphatic heterocycles. The third-order valence-electron chi connectivity index (χ3n) is 9.79. The lowest BCUT2D eigenvalue weighted by Crippen LogP contribution is -2.12. The number of furan rings is 1. The molecular formula is C46H29NO.